The van der Waals surface area contributed by atoms with Crippen LogP contribution in [0.15, 0.2) is 18.2 Å². The minimum Gasteiger partial charge on any atom is -0.330 e. The van der Waals surface area contributed by atoms with Crippen LogP contribution in [0.3, 0.4) is 0 Å². The largest absolute Gasteiger partial charge is 0.330 e. The molecule has 1 aliphatic carbocycles. The van der Waals surface area contributed by atoms with Crippen LogP contribution in [0, 0.1) is 0 Å². The van der Waals surface area contributed by atoms with Crippen LogP contribution in [0.2, 0.25) is 10.0 Å². The summed E-state index contributed by atoms with van der Waals surface area (Å²) < 4.78 is 13.7. The molecular formula is C14H15Cl2N2OPS. The summed E-state index contributed by atoms with van der Waals surface area (Å²) in [6, 6.07) is 5.09. The Morgan fingerprint density at radius 3 is 2.81 bits per heavy atom. The predicted octanol–water partition coefficient (Wildman–Crippen LogP) is 4.97. The number of anilines is 1. The summed E-state index contributed by atoms with van der Waals surface area (Å²) in [5, 5.41) is 4.10. The maximum atomic E-state index is 13.0. The summed E-state index contributed by atoms with van der Waals surface area (Å²) in [5.74, 6) is 0. The van der Waals surface area contributed by atoms with Crippen molar-refractivity contribution in [3.05, 3.63) is 38.8 Å². The molecule has 0 spiro atoms. The molecule has 1 atom stereocenters. The van der Waals surface area contributed by atoms with E-state index in [0.29, 0.717) is 20.5 Å². The highest BCUT2D eigenvalue weighted by molar-refractivity contribution is 7.77. The second kappa shape index (κ2) is 5.92. The number of rotatable bonds is 3. The van der Waals surface area contributed by atoms with Crippen molar-refractivity contribution in [2.45, 2.75) is 25.7 Å². The van der Waals surface area contributed by atoms with Crippen LogP contribution < -0.4 is 9.84 Å². The molecule has 2 aromatic rings. The summed E-state index contributed by atoms with van der Waals surface area (Å²) in [5.41, 5.74) is 1.70. The van der Waals surface area contributed by atoms with Crippen molar-refractivity contribution in [2.75, 3.05) is 11.8 Å². The van der Waals surface area contributed by atoms with Gasteiger partial charge in [0.05, 0.1) is 16.4 Å². The number of aryl methyl sites for hydroxylation is 2. The lowest BCUT2D eigenvalue weighted by Crippen LogP contribution is -2.11. The Kier molecular flexibility index (Phi) is 4.33. The maximum absolute atomic E-state index is 13.0. The van der Waals surface area contributed by atoms with Crippen molar-refractivity contribution < 1.29 is 4.57 Å². The predicted molar refractivity (Wildman–Crippen MR) is 92.0 cm³/mol. The SMILES string of the molecule is C[P@@](=O)(Nc1cc(Cl)ccc1Cl)c1nc2c(s1)CCCC2. The minimum absolute atomic E-state index is 0.503. The monoisotopic (exact) mass is 360 g/mol. The van der Waals surface area contributed by atoms with Gasteiger partial charge in [-0.2, -0.15) is 0 Å². The molecule has 3 nitrogen and oxygen atoms in total. The van der Waals surface area contributed by atoms with Gasteiger partial charge in [-0.3, -0.25) is 4.57 Å². The number of nitrogens with zero attached hydrogens (tertiary/aromatic N) is 1. The van der Waals surface area contributed by atoms with Gasteiger partial charge in [-0.05, 0) is 43.9 Å². The third kappa shape index (κ3) is 3.29. The van der Waals surface area contributed by atoms with E-state index < -0.39 is 7.29 Å². The molecule has 0 fully saturated rings. The second-order valence-corrected chi connectivity index (χ2v) is 9.96. The molecule has 0 radical (unpaired) electrons. The molecule has 1 aromatic heterocycles. The number of thiazole rings is 1. The lowest BCUT2D eigenvalue weighted by molar-refractivity contribution is 0.587. The molecular weight excluding hydrogens is 346 g/mol. The zero-order valence-electron chi connectivity index (χ0n) is 11.5. The fourth-order valence-corrected chi connectivity index (χ4v) is 5.89. The highest BCUT2D eigenvalue weighted by Gasteiger charge is 2.26. The minimum atomic E-state index is -2.80. The Labute approximate surface area is 138 Å². The number of nitrogens with one attached hydrogen (secondary N) is 1. The molecule has 0 bridgehead atoms. The van der Waals surface area contributed by atoms with Crippen molar-refractivity contribution in [1.82, 2.24) is 4.98 Å². The van der Waals surface area contributed by atoms with Crippen molar-refractivity contribution >= 4 is 52.3 Å². The molecule has 0 saturated heterocycles. The average Bonchev–Trinajstić information content (AvgIpc) is 2.87. The van der Waals surface area contributed by atoms with Crippen LogP contribution in [0.1, 0.15) is 23.4 Å². The van der Waals surface area contributed by atoms with E-state index in [2.05, 4.69) is 10.1 Å². The van der Waals surface area contributed by atoms with E-state index in [1.807, 2.05) is 0 Å². The molecule has 3 rings (SSSR count). The third-order valence-electron chi connectivity index (χ3n) is 3.46. The maximum Gasteiger partial charge on any atom is 0.223 e. The number of hydrogen-bond donors (Lipinski definition) is 1. The first-order valence-electron chi connectivity index (χ1n) is 6.76. The molecule has 0 amide bonds. The van der Waals surface area contributed by atoms with Gasteiger partial charge in [0.1, 0.15) is 0 Å². The third-order valence-corrected chi connectivity index (χ3v) is 7.80. The smallest absolute Gasteiger partial charge is 0.223 e. The fourth-order valence-electron chi connectivity index (χ4n) is 2.38. The summed E-state index contributed by atoms with van der Waals surface area (Å²) in [4.78, 5) is 5.86. The van der Waals surface area contributed by atoms with E-state index >= 15 is 0 Å². The molecule has 112 valence electrons. The van der Waals surface area contributed by atoms with E-state index in [-0.39, 0.29) is 0 Å². The molecule has 21 heavy (non-hydrogen) atoms. The van der Waals surface area contributed by atoms with E-state index in [4.69, 9.17) is 23.2 Å². The van der Waals surface area contributed by atoms with Gasteiger partial charge in [-0.15, -0.1) is 11.3 Å². The fraction of sp³-hybridized carbons (Fsp3) is 0.357. The van der Waals surface area contributed by atoms with Crippen LogP contribution in [0.5, 0.6) is 0 Å². The highest BCUT2D eigenvalue weighted by atomic mass is 35.5. The number of benzene rings is 1. The molecule has 0 aliphatic heterocycles. The van der Waals surface area contributed by atoms with Gasteiger partial charge < -0.3 is 5.09 Å². The zero-order valence-corrected chi connectivity index (χ0v) is 14.8. The van der Waals surface area contributed by atoms with E-state index in [1.54, 1.807) is 36.2 Å². The van der Waals surface area contributed by atoms with Gasteiger partial charge in [-0.25, -0.2) is 4.98 Å². The first-order chi connectivity index (χ1) is 9.95. The van der Waals surface area contributed by atoms with Gasteiger partial charge in [-0.1, -0.05) is 23.2 Å². The Morgan fingerprint density at radius 1 is 1.29 bits per heavy atom. The van der Waals surface area contributed by atoms with Gasteiger partial charge >= 0.3 is 0 Å². The summed E-state index contributed by atoms with van der Waals surface area (Å²) in [6.07, 6.45) is 4.39. The number of halogens is 2. The Balaban J connectivity index is 1.91. The Morgan fingerprint density at radius 2 is 2.05 bits per heavy atom. The van der Waals surface area contributed by atoms with Crippen molar-refractivity contribution in [3.63, 3.8) is 0 Å². The van der Waals surface area contributed by atoms with Crippen LogP contribution in [-0.4, -0.2) is 11.6 Å². The van der Waals surface area contributed by atoms with E-state index in [9.17, 15) is 4.57 Å². The van der Waals surface area contributed by atoms with Crippen molar-refractivity contribution in [2.24, 2.45) is 0 Å². The summed E-state index contributed by atoms with van der Waals surface area (Å²) in [7, 11) is -2.80. The molecule has 1 aliphatic rings. The number of hydrogen-bond acceptors (Lipinski definition) is 3. The zero-order chi connectivity index (χ0) is 15.0. The van der Waals surface area contributed by atoms with Gasteiger partial charge in [0, 0.05) is 16.6 Å². The average molecular weight is 361 g/mol. The normalized spacial score (nSPS) is 17.1. The number of aromatic nitrogens is 1. The summed E-state index contributed by atoms with van der Waals surface area (Å²) >= 11 is 13.7. The second-order valence-electron chi connectivity index (χ2n) is 5.23. The van der Waals surface area contributed by atoms with Gasteiger partial charge in [0.2, 0.25) is 7.29 Å². The number of fused-ring (bicyclic) bond motifs is 1. The molecule has 0 unspecified atom stereocenters. The van der Waals surface area contributed by atoms with Gasteiger partial charge in [0.15, 0.2) is 4.75 Å². The first-order valence-corrected chi connectivity index (χ1v) is 10.5. The van der Waals surface area contributed by atoms with Crippen LogP contribution >= 0.6 is 41.8 Å². The topological polar surface area (TPSA) is 42.0 Å². The van der Waals surface area contributed by atoms with Crippen LogP contribution in [-0.2, 0) is 17.4 Å². The van der Waals surface area contributed by atoms with Crippen LogP contribution in [0.25, 0.3) is 0 Å². The Hall–Kier alpha value is -0.540. The molecule has 1 heterocycles. The first kappa shape index (κ1) is 15.4. The van der Waals surface area contributed by atoms with Crippen molar-refractivity contribution in [3.8, 4) is 0 Å². The lowest BCUT2D eigenvalue weighted by atomic mass is 10.0. The molecule has 0 saturated carbocycles. The molecule has 7 heteroatoms. The lowest BCUT2D eigenvalue weighted by Gasteiger charge is -2.15. The van der Waals surface area contributed by atoms with E-state index in [0.717, 1.165) is 25.0 Å². The van der Waals surface area contributed by atoms with Crippen LogP contribution in [0.4, 0.5) is 5.69 Å². The standard InChI is InChI=1S/C14H15Cl2N2OPS/c1-20(19,18-12-8-9(15)6-7-10(12)16)14-17-11-4-2-3-5-13(11)21-14/h6-8H,2-5H2,1H3,(H,18,19)/t20-/m0/s1. The van der Waals surface area contributed by atoms with Crippen molar-refractivity contribution in [1.29, 1.82) is 0 Å². The highest BCUT2D eigenvalue weighted by Crippen LogP contribution is 2.44. The molecule has 1 aromatic carbocycles. The quantitative estimate of drug-likeness (QED) is 0.785. The summed E-state index contributed by atoms with van der Waals surface area (Å²) in [6.45, 7) is 1.69. The van der Waals surface area contributed by atoms with Gasteiger partial charge in [0.25, 0.3) is 0 Å². The van der Waals surface area contributed by atoms with E-state index in [1.165, 1.54) is 11.3 Å². The molecule has 1 N–H and O–H groups in total. The Bertz CT molecular complexity index is 708.